The topological polar surface area (TPSA) is 526 Å². The summed E-state index contributed by atoms with van der Waals surface area (Å²) >= 11 is 0. The Morgan fingerprint density at radius 3 is 1.46 bits per heavy atom. The molecule has 2 aromatic heterocycles. The molecule has 38 heteroatoms. The fraction of sp³-hybridized carbons (Fsp3) is 0.200. The molecule has 0 saturated heterocycles. The van der Waals surface area contributed by atoms with E-state index in [0.29, 0.717) is 42.8 Å². The quantitative estimate of drug-likeness (QED) is 0.0507. The van der Waals surface area contributed by atoms with E-state index in [2.05, 4.69) is 51.2 Å². The molecule has 0 spiro atoms. The number of nitrogens with zero attached hydrogens (tertiary/aromatic N) is 6. The normalized spacial score (nSPS) is 12.7. The summed E-state index contributed by atoms with van der Waals surface area (Å²) in [4.78, 5) is 18.6. The molecule has 2 heterocycles. The molecular formula is C40H37N10O21S7-7. The van der Waals surface area contributed by atoms with Crippen LogP contribution in [-0.4, -0.2) is 140 Å². The summed E-state index contributed by atoms with van der Waals surface area (Å²) in [6.45, 7) is 1.41. The lowest BCUT2D eigenvalue weighted by molar-refractivity contribution is 0.457. The molecule has 78 heavy (non-hydrogen) atoms. The molecule has 0 amide bonds. The highest BCUT2D eigenvalue weighted by Crippen LogP contribution is 2.30. The molecule has 0 aliphatic rings. The van der Waals surface area contributed by atoms with E-state index >= 15 is 0 Å². The number of anilines is 6. The van der Waals surface area contributed by atoms with Crippen molar-refractivity contribution in [3.8, 4) is 0 Å². The van der Waals surface area contributed by atoms with Crippen LogP contribution in [0, 0.1) is 0 Å². The predicted molar refractivity (Wildman–Crippen MR) is 263 cm³/mol. The van der Waals surface area contributed by atoms with Crippen molar-refractivity contribution in [3.63, 3.8) is 0 Å². The number of benzene rings is 4. The summed E-state index contributed by atoms with van der Waals surface area (Å²) in [7, 11) is -36.7. The zero-order chi connectivity index (χ0) is 57.1. The first-order valence-electron chi connectivity index (χ1n) is 20.9. The first-order chi connectivity index (χ1) is 35.5. The molecule has 0 aliphatic carbocycles. The Hall–Kier alpha value is -6.79. The van der Waals surface area contributed by atoms with Gasteiger partial charge in [-0.25, -0.2) is 63.9 Å². The molecule has 0 saturated carbocycles. The van der Waals surface area contributed by atoms with Crippen molar-refractivity contribution >= 4 is 118 Å². The van der Waals surface area contributed by atoms with Crippen molar-refractivity contribution in [2.75, 3.05) is 40.1 Å². The Morgan fingerprint density at radius 1 is 0.449 bits per heavy atom. The molecule has 0 bridgehead atoms. The van der Waals surface area contributed by atoms with Crippen LogP contribution in [0.3, 0.4) is 0 Å². The van der Waals surface area contributed by atoms with Crippen molar-refractivity contribution in [2.24, 2.45) is 0 Å². The molecule has 0 unspecified atom stereocenters. The van der Waals surface area contributed by atoms with Crippen LogP contribution < -0.4 is 21.3 Å². The van der Waals surface area contributed by atoms with E-state index in [-0.39, 0.29) is 54.8 Å². The van der Waals surface area contributed by atoms with Gasteiger partial charge in [-0.1, -0.05) is 44.7 Å². The Balaban J connectivity index is 0.0000112. The molecule has 4 N–H and O–H groups in total. The van der Waals surface area contributed by atoms with Crippen molar-refractivity contribution < 1.29 is 90.8 Å². The second kappa shape index (κ2) is 23.7. The Kier molecular flexibility index (Phi) is 18.8. The molecule has 4 aromatic carbocycles. The Labute approximate surface area is 446 Å². The molecule has 31 nitrogen and oxygen atoms in total. The van der Waals surface area contributed by atoms with Gasteiger partial charge in [0.15, 0.2) is 0 Å². The Morgan fingerprint density at radius 2 is 0.923 bits per heavy atom. The third-order valence-corrected chi connectivity index (χ3v) is 15.9. The Bertz CT molecular complexity index is 4170. The zero-order valence-corrected chi connectivity index (χ0v) is 44.2. The second-order valence-electron chi connectivity index (χ2n) is 15.6. The highest BCUT2D eigenvalue weighted by molar-refractivity contribution is 7.87. The summed E-state index contributed by atoms with van der Waals surface area (Å²) < 4.78 is 252. The van der Waals surface area contributed by atoms with Gasteiger partial charge in [0.25, 0.3) is 0 Å². The second-order valence-corrected chi connectivity index (χ2v) is 25.3. The van der Waals surface area contributed by atoms with Crippen LogP contribution in [0.2, 0.25) is 0 Å². The van der Waals surface area contributed by atoms with Crippen molar-refractivity contribution in [2.45, 2.75) is 63.0 Å². The average molecular weight is 1220 g/mol. The van der Waals surface area contributed by atoms with Gasteiger partial charge in [0.1, 0.15) is 72.4 Å². The molecule has 0 atom stereocenters. The molecular weight excluding hydrogens is 1180 g/mol. The van der Waals surface area contributed by atoms with Gasteiger partial charge in [-0.15, -0.1) is 0 Å². The van der Waals surface area contributed by atoms with Crippen molar-refractivity contribution in [1.82, 2.24) is 29.9 Å². The van der Waals surface area contributed by atoms with E-state index < -0.39 is 154 Å². The van der Waals surface area contributed by atoms with Crippen LogP contribution in [0.1, 0.15) is 54.7 Å². The van der Waals surface area contributed by atoms with Crippen molar-refractivity contribution in [1.29, 1.82) is 0 Å². The van der Waals surface area contributed by atoms with Gasteiger partial charge in [0, 0.05) is 31.6 Å². The predicted octanol–water partition coefficient (Wildman–Crippen LogP) is 0.736. The van der Waals surface area contributed by atoms with Gasteiger partial charge in [-0.3, -0.25) is 0 Å². The number of hydrogen-bond acceptors (Lipinski definition) is 31. The molecule has 0 radical (unpaired) electrons. The maximum atomic E-state index is 12.6. The van der Waals surface area contributed by atoms with Crippen LogP contribution in [0.25, 0.3) is 12.2 Å². The highest BCUT2D eigenvalue weighted by atomic mass is 32.2. The third kappa shape index (κ3) is 17.1. The molecule has 6 rings (SSSR count). The largest absolute Gasteiger partial charge is 0.748 e. The zero-order valence-electron chi connectivity index (χ0n) is 38.4. The molecule has 0 fully saturated rings. The van der Waals surface area contributed by atoms with E-state index in [0.717, 1.165) is 42.5 Å². The minimum absolute atomic E-state index is 0. The molecule has 6 aromatic rings. The summed E-state index contributed by atoms with van der Waals surface area (Å²) in [5, 5.41) is 9.92. The highest BCUT2D eigenvalue weighted by Gasteiger charge is 2.20. The standard InChI is InChI=1S/C39H40N10O21S7.CH4/c1-2-13-40-36-45-34(44-35(46-36)19-25-18-27(72(53,54)55)9-11-30(25)74(59,60)61)17-22-3-4-23(32(16-22)76(65,66)67)5-6-24-7-8-26(20-33(24)77(68,69)70)42-38-47-37(41-14-15-71(50,51)52)48-39(49-38)43-29-21-28(73(56,57)58)10-12-31(29)75(62,63)64;/h3-12,16,18,20-21H,2,13-15,17,19H2,1H3,(H,50,51,52)(H,53,54,55)(H,56,57,58)(H,59,60,61)(H,62,63,64)(H,65,66,67)(H,68,69,70)(H,40,44,45,46)(H3,41,42,43,47,48,49);1H4/p-7/b6-5+;. The van der Waals surface area contributed by atoms with E-state index in [1.54, 1.807) is 6.92 Å². The summed E-state index contributed by atoms with van der Waals surface area (Å²) in [5.41, 5.74) is -2.32. The monoisotopic (exact) mass is 1220 g/mol. The first kappa shape index (κ1) is 62.1. The smallest absolute Gasteiger partial charge is 0.233 e. The van der Waals surface area contributed by atoms with Crippen LogP contribution >= 0.6 is 0 Å². The van der Waals surface area contributed by atoms with E-state index in [9.17, 15) is 90.8 Å². The minimum Gasteiger partial charge on any atom is -0.748 e. The lowest BCUT2D eigenvalue weighted by Gasteiger charge is -2.18. The number of rotatable bonds is 23. The fourth-order valence-corrected chi connectivity index (χ4v) is 10.7. The summed E-state index contributed by atoms with van der Waals surface area (Å²) in [5.74, 6) is -3.51. The van der Waals surface area contributed by atoms with Gasteiger partial charge in [-0.05, 0) is 83.3 Å². The number of hydrogen-bond donors (Lipinski definition) is 4. The fourth-order valence-electron chi connectivity index (χ4n) is 6.66. The van der Waals surface area contributed by atoms with Gasteiger partial charge in [0.05, 0.1) is 50.9 Å². The first-order valence-corrected chi connectivity index (χ1v) is 30.9. The summed E-state index contributed by atoms with van der Waals surface area (Å²) in [6, 6.07) is 9.57. The van der Waals surface area contributed by atoms with E-state index in [1.165, 1.54) is 6.07 Å². The molecule has 422 valence electrons. The lowest BCUT2D eigenvalue weighted by Crippen LogP contribution is -2.17. The number of aromatic nitrogens is 6. The third-order valence-electron chi connectivity index (χ3n) is 9.92. The molecule has 0 aliphatic heterocycles. The maximum Gasteiger partial charge on any atom is 0.233 e. The van der Waals surface area contributed by atoms with Crippen LogP contribution in [0.15, 0.2) is 102 Å². The maximum absolute atomic E-state index is 12.6. The van der Waals surface area contributed by atoms with Gasteiger partial charge < -0.3 is 53.1 Å². The summed E-state index contributed by atoms with van der Waals surface area (Å²) in [6.07, 6.45) is 1.45. The van der Waals surface area contributed by atoms with Crippen LogP contribution in [0.5, 0.6) is 0 Å². The lowest BCUT2D eigenvalue weighted by atomic mass is 10.1. The average Bonchev–Trinajstić information content (AvgIpc) is 3.28. The van der Waals surface area contributed by atoms with E-state index in [4.69, 9.17) is 0 Å². The van der Waals surface area contributed by atoms with Crippen LogP contribution in [0.4, 0.5) is 35.2 Å². The van der Waals surface area contributed by atoms with Gasteiger partial charge >= 0.3 is 0 Å². The minimum atomic E-state index is -5.46. The van der Waals surface area contributed by atoms with Gasteiger partial charge in [-0.2, -0.15) is 24.9 Å². The van der Waals surface area contributed by atoms with Crippen LogP contribution in [-0.2, 0) is 83.7 Å². The van der Waals surface area contributed by atoms with Gasteiger partial charge in [0.2, 0.25) is 23.8 Å². The SMILES string of the molecule is C.CCCNc1nc(Cc2ccc(/C=C/c3ccc(Nc4nc(NCCS(=O)(=O)[O-])nc(Nc5cc(S(=O)(=O)[O-])ccc5S(=O)(=O)[O-])n4)cc3S(=O)(=O)[O-])c(S(=O)(=O)[O-])c2)nc(Cc2cc(S(=O)(=O)[O-])ccc2S(=O)(=O)[O-])n1. The van der Waals surface area contributed by atoms with E-state index in [1.807, 2.05) is 0 Å². The van der Waals surface area contributed by atoms with Crippen molar-refractivity contribution in [3.05, 3.63) is 107 Å². The number of nitrogens with one attached hydrogen (secondary N) is 4.